The first-order valence-electron chi connectivity index (χ1n) is 12.2. The van der Waals surface area contributed by atoms with Crippen LogP contribution in [-0.2, 0) is 25.9 Å². The number of anilines is 2. The van der Waals surface area contributed by atoms with Crippen molar-refractivity contribution in [2.45, 2.75) is 39.3 Å². The first-order chi connectivity index (χ1) is 16.6. The molecule has 3 aromatic rings. The molecule has 0 saturated carbocycles. The maximum Gasteiger partial charge on any atom is 0.255 e. The number of fused-ring (bicyclic) bond motifs is 3. The summed E-state index contributed by atoms with van der Waals surface area (Å²) in [6.45, 7) is 5.66. The second-order valence-corrected chi connectivity index (χ2v) is 9.37. The molecule has 0 aliphatic carbocycles. The molecule has 0 unspecified atom stereocenters. The molecule has 0 atom stereocenters. The van der Waals surface area contributed by atoms with Crippen molar-refractivity contribution >= 4 is 23.3 Å². The van der Waals surface area contributed by atoms with E-state index in [9.17, 15) is 9.59 Å². The molecular weight excluding hydrogens is 424 g/mol. The predicted octanol–water partition coefficient (Wildman–Crippen LogP) is 4.34. The summed E-state index contributed by atoms with van der Waals surface area (Å²) in [4.78, 5) is 36.6. The van der Waals surface area contributed by atoms with E-state index in [0.29, 0.717) is 18.7 Å². The highest BCUT2D eigenvalue weighted by Crippen LogP contribution is 2.35. The monoisotopic (exact) mass is 452 g/mol. The van der Waals surface area contributed by atoms with Crippen molar-refractivity contribution < 1.29 is 9.59 Å². The van der Waals surface area contributed by atoms with Crippen molar-refractivity contribution in [3.63, 3.8) is 0 Å². The van der Waals surface area contributed by atoms with Crippen LogP contribution in [0.4, 0.5) is 11.5 Å². The average Bonchev–Trinajstić information content (AvgIpc) is 3.22. The summed E-state index contributed by atoms with van der Waals surface area (Å²) in [5.41, 5.74) is 7.29. The Bertz CT molecular complexity index is 1300. The van der Waals surface area contributed by atoms with Crippen molar-refractivity contribution in [1.29, 1.82) is 0 Å². The summed E-state index contributed by atoms with van der Waals surface area (Å²) in [5.74, 6) is 1.09. The van der Waals surface area contributed by atoms with E-state index in [0.717, 1.165) is 67.1 Å². The van der Waals surface area contributed by atoms with Gasteiger partial charge in [0.25, 0.3) is 11.8 Å². The van der Waals surface area contributed by atoms with Crippen LogP contribution in [0, 0.1) is 0 Å². The highest BCUT2D eigenvalue weighted by Gasteiger charge is 2.29. The number of benzene rings is 2. The highest BCUT2D eigenvalue weighted by molar-refractivity contribution is 5.99. The van der Waals surface area contributed by atoms with Gasteiger partial charge in [0.2, 0.25) is 0 Å². The topological polar surface area (TPSA) is 56.8 Å². The number of amides is 2. The van der Waals surface area contributed by atoms with Gasteiger partial charge in [-0.2, -0.15) is 0 Å². The Hall–Kier alpha value is -3.67. The molecule has 0 spiro atoms. The molecule has 0 saturated heterocycles. The SMILES string of the molecule is CCN1Cc2cc(N3CCCc4cc(C(=O)N5CCc6ccccc6C5)cnc43)ccc2C1=O. The second kappa shape index (κ2) is 8.28. The van der Waals surface area contributed by atoms with Gasteiger partial charge in [0, 0.05) is 50.2 Å². The van der Waals surface area contributed by atoms with Gasteiger partial charge in [0.15, 0.2) is 0 Å². The van der Waals surface area contributed by atoms with Crippen molar-refractivity contribution in [3.05, 3.63) is 88.1 Å². The van der Waals surface area contributed by atoms with Crippen LogP contribution in [0.3, 0.4) is 0 Å². The van der Waals surface area contributed by atoms with Gasteiger partial charge >= 0.3 is 0 Å². The van der Waals surface area contributed by atoms with E-state index in [1.54, 1.807) is 6.20 Å². The minimum absolute atomic E-state index is 0.0534. The van der Waals surface area contributed by atoms with Crippen molar-refractivity contribution in [2.75, 3.05) is 24.5 Å². The minimum atomic E-state index is 0.0534. The third kappa shape index (κ3) is 3.45. The number of hydrogen-bond donors (Lipinski definition) is 0. The standard InChI is InChI=1S/C28H28N4O2/c1-2-30-18-23-15-24(9-10-25(23)28(30)34)32-12-5-8-20-14-22(16-29-26(20)32)27(33)31-13-11-19-6-3-4-7-21(19)17-31/h3-4,6-7,9-10,14-16H,2,5,8,11-13,17-18H2,1H3. The summed E-state index contributed by atoms with van der Waals surface area (Å²) in [7, 11) is 0. The first kappa shape index (κ1) is 20.9. The number of carbonyl (C=O) groups is 2. The van der Waals surface area contributed by atoms with Gasteiger partial charge in [-0.15, -0.1) is 0 Å². The Labute approximate surface area is 199 Å². The van der Waals surface area contributed by atoms with Crippen molar-refractivity contribution in [1.82, 2.24) is 14.8 Å². The molecular formula is C28H28N4O2. The fraction of sp³-hybridized carbons (Fsp3) is 0.321. The molecule has 6 heteroatoms. The van der Waals surface area contributed by atoms with Gasteiger partial charge < -0.3 is 14.7 Å². The van der Waals surface area contributed by atoms with Gasteiger partial charge in [0.05, 0.1) is 5.56 Å². The zero-order chi connectivity index (χ0) is 23.2. The summed E-state index contributed by atoms with van der Waals surface area (Å²) in [6.07, 6.45) is 4.54. The largest absolute Gasteiger partial charge is 0.335 e. The normalized spacial score (nSPS) is 16.9. The summed E-state index contributed by atoms with van der Waals surface area (Å²) >= 11 is 0. The Morgan fingerprint density at radius 2 is 1.79 bits per heavy atom. The average molecular weight is 453 g/mol. The van der Waals surface area contributed by atoms with Crippen LogP contribution in [0.2, 0.25) is 0 Å². The number of carbonyl (C=O) groups excluding carboxylic acids is 2. The van der Waals surface area contributed by atoms with E-state index >= 15 is 0 Å². The van der Waals surface area contributed by atoms with Crippen LogP contribution in [-0.4, -0.2) is 46.2 Å². The van der Waals surface area contributed by atoms with Gasteiger partial charge in [0.1, 0.15) is 5.82 Å². The number of pyridine rings is 1. The number of nitrogens with zero attached hydrogens (tertiary/aromatic N) is 4. The number of rotatable bonds is 3. The molecule has 2 amide bonds. The molecule has 172 valence electrons. The van der Waals surface area contributed by atoms with Crippen LogP contribution in [0.1, 0.15) is 56.3 Å². The zero-order valence-electron chi connectivity index (χ0n) is 19.5. The minimum Gasteiger partial charge on any atom is -0.335 e. The second-order valence-electron chi connectivity index (χ2n) is 9.37. The zero-order valence-corrected chi connectivity index (χ0v) is 19.5. The van der Waals surface area contributed by atoms with Crippen LogP contribution < -0.4 is 4.90 Å². The van der Waals surface area contributed by atoms with Crippen molar-refractivity contribution in [3.8, 4) is 0 Å². The van der Waals surface area contributed by atoms with E-state index in [2.05, 4.69) is 29.2 Å². The van der Waals surface area contributed by atoms with Gasteiger partial charge in [-0.1, -0.05) is 24.3 Å². The lowest BCUT2D eigenvalue weighted by Gasteiger charge is -2.32. The van der Waals surface area contributed by atoms with Crippen molar-refractivity contribution in [2.24, 2.45) is 0 Å². The van der Waals surface area contributed by atoms with Crippen LogP contribution in [0.25, 0.3) is 0 Å². The molecule has 6 nitrogen and oxygen atoms in total. The van der Waals surface area contributed by atoms with Crippen LogP contribution in [0.15, 0.2) is 54.7 Å². The fourth-order valence-electron chi connectivity index (χ4n) is 5.47. The molecule has 3 aliphatic rings. The molecule has 0 fully saturated rings. The lowest BCUT2D eigenvalue weighted by Crippen LogP contribution is -2.36. The fourth-order valence-corrected chi connectivity index (χ4v) is 5.47. The molecule has 0 radical (unpaired) electrons. The molecule has 4 heterocycles. The van der Waals surface area contributed by atoms with E-state index in [4.69, 9.17) is 4.98 Å². The Kier molecular flexibility index (Phi) is 5.09. The molecule has 34 heavy (non-hydrogen) atoms. The van der Waals surface area contributed by atoms with E-state index in [-0.39, 0.29) is 11.8 Å². The molecule has 1 aromatic heterocycles. The summed E-state index contributed by atoms with van der Waals surface area (Å²) in [5, 5.41) is 0. The van der Waals surface area contributed by atoms with E-state index in [1.807, 2.05) is 41.0 Å². The van der Waals surface area contributed by atoms with Crippen LogP contribution >= 0.6 is 0 Å². The highest BCUT2D eigenvalue weighted by atomic mass is 16.2. The quantitative estimate of drug-likeness (QED) is 0.593. The summed E-state index contributed by atoms with van der Waals surface area (Å²) < 4.78 is 0. The van der Waals surface area contributed by atoms with E-state index < -0.39 is 0 Å². The molecule has 0 N–H and O–H groups in total. The Morgan fingerprint density at radius 1 is 0.941 bits per heavy atom. The smallest absolute Gasteiger partial charge is 0.255 e. The van der Waals surface area contributed by atoms with Gasteiger partial charge in [-0.05, 0) is 72.7 Å². The molecule has 0 bridgehead atoms. The number of aryl methyl sites for hydroxylation is 1. The Morgan fingerprint density at radius 3 is 2.65 bits per heavy atom. The van der Waals surface area contributed by atoms with Gasteiger partial charge in [-0.25, -0.2) is 4.98 Å². The maximum absolute atomic E-state index is 13.3. The predicted molar refractivity (Wildman–Crippen MR) is 131 cm³/mol. The molecule has 6 rings (SSSR count). The molecule has 2 aromatic carbocycles. The third-order valence-corrected chi connectivity index (χ3v) is 7.35. The lowest BCUT2D eigenvalue weighted by atomic mass is 9.98. The lowest BCUT2D eigenvalue weighted by molar-refractivity contribution is 0.0733. The Balaban J connectivity index is 1.26. The first-order valence-corrected chi connectivity index (χ1v) is 12.2. The summed E-state index contributed by atoms with van der Waals surface area (Å²) in [6, 6.07) is 16.5. The van der Waals surface area contributed by atoms with Crippen LogP contribution in [0.5, 0.6) is 0 Å². The third-order valence-electron chi connectivity index (χ3n) is 7.35. The van der Waals surface area contributed by atoms with Gasteiger partial charge in [-0.3, -0.25) is 9.59 Å². The molecule has 3 aliphatic heterocycles. The number of hydrogen-bond acceptors (Lipinski definition) is 4. The maximum atomic E-state index is 13.3. The van der Waals surface area contributed by atoms with E-state index in [1.165, 1.54) is 11.1 Å². The number of aromatic nitrogens is 1.